The molecule has 0 atom stereocenters. The van der Waals surface area contributed by atoms with Crippen molar-refractivity contribution in [2.24, 2.45) is 5.10 Å². The van der Waals surface area contributed by atoms with E-state index in [1.54, 1.807) is 36.4 Å². The third-order valence-corrected chi connectivity index (χ3v) is 3.24. The monoisotopic (exact) mass is 376 g/mol. The summed E-state index contributed by atoms with van der Waals surface area (Å²) in [5, 5.41) is 12.8. The van der Waals surface area contributed by atoms with Gasteiger partial charge in [-0.2, -0.15) is 5.10 Å². The largest absolute Gasteiger partial charge is 0.484 e. The van der Waals surface area contributed by atoms with Crippen LogP contribution in [0.2, 0.25) is 0 Å². The van der Waals surface area contributed by atoms with E-state index in [-0.39, 0.29) is 12.2 Å². The molecule has 1 amide bonds. The van der Waals surface area contributed by atoms with Gasteiger partial charge >= 0.3 is 5.97 Å². The van der Waals surface area contributed by atoms with E-state index in [1.165, 1.54) is 12.3 Å². The molecule has 118 valence electrons. The number of ether oxygens (including phenoxy) is 1. The summed E-state index contributed by atoms with van der Waals surface area (Å²) >= 11 is 3.30. The number of hydrogen-bond acceptors (Lipinski definition) is 4. The van der Waals surface area contributed by atoms with Crippen molar-refractivity contribution in [1.82, 2.24) is 5.43 Å². The van der Waals surface area contributed by atoms with Gasteiger partial charge in [0.15, 0.2) is 6.61 Å². The number of aromatic carboxylic acids is 1. The molecule has 0 bridgehead atoms. The van der Waals surface area contributed by atoms with Crippen LogP contribution in [-0.4, -0.2) is 29.8 Å². The van der Waals surface area contributed by atoms with E-state index in [0.29, 0.717) is 11.3 Å². The average molecular weight is 377 g/mol. The smallest absolute Gasteiger partial charge is 0.336 e. The molecule has 0 fully saturated rings. The van der Waals surface area contributed by atoms with Gasteiger partial charge in [0.1, 0.15) is 5.75 Å². The second kappa shape index (κ2) is 8.09. The molecule has 0 aromatic heterocycles. The van der Waals surface area contributed by atoms with Gasteiger partial charge in [0.2, 0.25) is 0 Å². The summed E-state index contributed by atoms with van der Waals surface area (Å²) < 4.78 is 6.15. The summed E-state index contributed by atoms with van der Waals surface area (Å²) in [4.78, 5) is 22.7. The summed E-state index contributed by atoms with van der Waals surface area (Å²) in [6, 6.07) is 13.5. The number of halogens is 1. The first-order chi connectivity index (χ1) is 11.1. The van der Waals surface area contributed by atoms with Gasteiger partial charge < -0.3 is 9.84 Å². The van der Waals surface area contributed by atoms with Crippen LogP contribution in [0.1, 0.15) is 15.9 Å². The molecule has 0 heterocycles. The van der Waals surface area contributed by atoms with Crippen LogP contribution >= 0.6 is 15.9 Å². The highest BCUT2D eigenvalue weighted by Gasteiger charge is 2.07. The highest BCUT2D eigenvalue weighted by atomic mass is 79.9. The Bertz CT molecular complexity index is 746. The molecule has 0 aliphatic rings. The van der Waals surface area contributed by atoms with Crippen molar-refractivity contribution < 1.29 is 19.4 Å². The van der Waals surface area contributed by atoms with E-state index in [1.807, 2.05) is 6.07 Å². The molecule has 7 heteroatoms. The maximum atomic E-state index is 11.6. The normalized spacial score (nSPS) is 10.5. The average Bonchev–Trinajstić information content (AvgIpc) is 2.53. The molecule has 0 spiro atoms. The third-order valence-electron chi connectivity index (χ3n) is 2.75. The van der Waals surface area contributed by atoms with Crippen LogP contribution in [0.25, 0.3) is 0 Å². The van der Waals surface area contributed by atoms with E-state index < -0.39 is 11.9 Å². The molecule has 0 saturated heterocycles. The van der Waals surface area contributed by atoms with Crippen molar-refractivity contribution in [2.75, 3.05) is 6.61 Å². The molecule has 0 aliphatic heterocycles. The number of amides is 1. The number of nitrogens with zero attached hydrogens (tertiary/aromatic N) is 1. The standard InChI is InChI=1S/C16H13BrN2O4/c17-12-5-3-6-13(8-12)23-10-15(20)19-18-9-11-4-1-2-7-14(11)16(21)22/h1-9H,10H2,(H,19,20)(H,21,22). The minimum atomic E-state index is -1.06. The summed E-state index contributed by atoms with van der Waals surface area (Å²) in [7, 11) is 0. The van der Waals surface area contributed by atoms with Crippen molar-refractivity contribution >= 4 is 34.0 Å². The lowest BCUT2D eigenvalue weighted by Gasteiger charge is -2.05. The fourth-order valence-corrected chi connectivity index (χ4v) is 2.09. The molecule has 2 aromatic carbocycles. The Morgan fingerprint density at radius 2 is 2.00 bits per heavy atom. The second-order valence-corrected chi connectivity index (χ2v) is 5.35. The van der Waals surface area contributed by atoms with Crippen LogP contribution in [-0.2, 0) is 4.79 Å². The van der Waals surface area contributed by atoms with Gasteiger partial charge in [-0.3, -0.25) is 4.79 Å². The first-order valence-electron chi connectivity index (χ1n) is 6.59. The number of hydrazone groups is 1. The predicted octanol–water partition coefficient (Wildman–Crippen LogP) is 2.68. The van der Waals surface area contributed by atoms with E-state index >= 15 is 0 Å². The van der Waals surface area contributed by atoms with Crippen molar-refractivity contribution in [3.63, 3.8) is 0 Å². The minimum absolute atomic E-state index is 0.107. The van der Waals surface area contributed by atoms with Gasteiger partial charge in [-0.25, -0.2) is 10.2 Å². The Hall–Kier alpha value is -2.67. The Morgan fingerprint density at radius 3 is 2.74 bits per heavy atom. The minimum Gasteiger partial charge on any atom is -0.484 e. The van der Waals surface area contributed by atoms with Crippen LogP contribution < -0.4 is 10.2 Å². The van der Waals surface area contributed by atoms with E-state index in [0.717, 1.165) is 4.47 Å². The van der Waals surface area contributed by atoms with E-state index in [9.17, 15) is 9.59 Å². The lowest BCUT2D eigenvalue weighted by Crippen LogP contribution is -2.24. The molecule has 2 rings (SSSR count). The van der Waals surface area contributed by atoms with Crippen molar-refractivity contribution in [1.29, 1.82) is 0 Å². The quantitative estimate of drug-likeness (QED) is 0.599. The Kier molecular flexibility index (Phi) is 5.87. The van der Waals surface area contributed by atoms with E-state index in [4.69, 9.17) is 9.84 Å². The molecule has 2 aromatic rings. The summed E-state index contributed by atoms with van der Waals surface area (Å²) in [6.45, 7) is -0.200. The molecule has 6 nitrogen and oxygen atoms in total. The Morgan fingerprint density at radius 1 is 1.22 bits per heavy atom. The van der Waals surface area contributed by atoms with Crippen LogP contribution in [0.5, 0.6) is 5.75 Å². The number of benzene rings is 2. The van der Waals surface area contributed by atoms with Crippen molar-refractivity contribution in [3.05, 3.63) is 64.1 Å². The van der Waals surface area contributed by atoms with Crippen LogP contribution in [0, 0.1) is 0 Å². The lowest BCUT2D eigenvalue weighted by molar-refractivity contribution is -0.123. The first-order valence-corrected chi connectivity index (χ1v) is 7.38. The Labute approximate surface area is 140 Å². The zero-order chi connectivity index (χ0) is 16.7. The van der Waals surface area contributed by atoms with Gasteiger partial charge in [-0.05, 0) is 24.3 Å². The van der Waals surface area contributed by atoms with Gasteiger partial charge in [0.25, 0.3) is 5.91 Å². The molecule has 0 radical (unpaired) electrons. The van der Waals surface area contributed by atoms with Crippen LogP contribution in [0.3, 0.4) is 0 Å². The highest BCUT2D eigenvalue weighted by Crippen LogP contribution is 2.17. The van der Waals surface area contributed by atoms with Crippen LogP contribution in [0.15, 0.2) is 58.1 Å². The zero-order valence-electron chi connectivity index (χ0n) is 11.9. The summed E-state index contributed by atoms with van der Waals surface area (Å²) in [5.41, 5.74) is 2.79. The number of carbonyl (C=O) groups is 2. The fourth-order valence-electron chi connectivity index (χ4n) is 1.72. The number of rotatable bonds is 6. The van der Waals surface area contributed by atoms with Gasteiger partial charge in [0.05, 0.1) is 11.8 Å². The van der Waals surface area contributed by atoms with Crippen molar-refractivity contribution in [3.8, 4) is 5.75 Å². The molecule has 0 unspecified atom stereocenters. The number of carboxylic acid groups (broad SMARTS) is 1. The number of carboxylic acids is 1. The maximum Gasteiger partial charge on any atom is 0.336 e. The zero-order valence-corrected chi connectivity index (χ0v) is 13.5. The van der Waals surface area contributed by atoms with Gasteiger partial charge in [-0.15, -0.1) is 0 Å². The molecule has 23 heavy (non-hydrogen) atoms. The molecule has 0 saturated carbocycles. The Balaban J connectivity index is 1.88. The number of hydrogen-bond donors (Lipinski definition) is 2. The SMILES string of the molecule is O=C(COc1cccc(Br)c1)NN=Cc1ccccc1C(=O)O. The first kappa shape index (κ1) is 16.7. The fraction of sp³-hybridized carbons (Fsp3) is 0.0625. The summed E-state index contributed by atoms with van der Waals surface area (Å²) in [5.74, 6) is -0.958. The number of nitrogens with one attached hydrogen (secondary N) is 1. The molecule has 0 aliphatic carbocycles. The third kappa shape index (κ3) is 5.23. The topological polar surface area (TPSA) is 88.0 Å². The number of carbonyl (C=O) groups excluding carboxylic acids is 1. The summed E-state index contributed by atoms with van der Waals surface area (Å²) in [6.07, 6.45) is 1.28. The molecular formula is C16H13BrN2O4. The molecular weight excluding hydrogens is 364 g/mol. The molecule has 2 N–H and O–H groups in total. The maximum absolute atomic E-state index is 11.6. The van der Waals surface area contributed by atoms with E-state index in [2.05, 4.69) is 26.5 Å². The predicted molar refractivity (Wildman–Crippen MR) is 88.8 cm³/mol. The lowest BCUT2D eigenvalue weighted by atomic mass is 10.1. The highest BCUT2D eigenvalue weighted by molar-refractivity contribution is 9.10. The van der Waals surface area contributed by atoms with Gasteiger partial charge in [-0.1, -0.05) is 40.2 Å². The van der Waals surface area contributed by atoms with Gasteiger partial charge in [0, 0.05) is 10.0 Å². The van der Waals surface area contributed by atoms with Crippen molar-refractivity contribution in [2.45, 2.75) is 0 Å². The second-order valence-electron chi connectivity index (χ2n) is 4.43. The van der Waals surface area contributed by atoms with Crippen LogP contribution in [0.4, 0.5) is 0 Å².